The maximum atomic E-state index is 12.9. The third-order valence-electron chi connectivity index (χ3n) is 5.85. The number of hydrogen-bond acceptors (Lipinski definition) is 7. The molecule has 2 heterocycles. The minimum absolute atomic E-state index is 0.0832. The van der Waals surface area contributed by atoms with Gasteiger partial charge in [0.05, 0.1) is 26.2 Å². The molecule has 1 atom stereocenters. The number of aromatic nitrogens is 1. The largest absolute Gasteiger partial charge is 0.497 e. The lowest BCUT2D eigenvalue weighted by Gasteiger charge is -2.23. The third-order valence-corrected chi connectivity index (χ3v) is 5.85. The molecule has 0 aliphatic rings. The molecular formula is C28H34N4O6. The van der Waals surface area contributed by atoms with Gasteiger partial charge in [-0.05, 0) is 30.2 Å². The Kier molecular flexibility index (Phi) is 11.3. The van der Waals surface area contributed by atoms with Gasteiger partial charge in [0.15, 0.2) is 11.5 Å². The summed E-state index contributed by atoms with van der Waals surface area (Å²) in [6.07, 6.45) is 5.55. The summed E-state index contributed by atoms with van der Waals surface area (Å²) in [7, 11) is 1.55. The zero-order valence-corrected chi connectivity index (χ0v) is 21.7. The van der Waals surface area contributed by atoms with Crippen molar-refractivity contribution in [1.82, 2.24) is 20.7 Å². The molecule has 1 aromatic carbocycles. The monoisotopic (exact) mass is 522 g/mol. The molecule has 2 N–H and O–H groups in total. The number of hydrogen-bond donors (Lipinski definition) is 2. The molecule has 202 valence electrons. The first-order chi connectivity index (χ1) is 18.5. The van der Waals surface area contributed by atoms with Crippen LogP contribution in [0.3, 0.4) is 0 Å². The maximum Gasteiger partial charge on any atom is 0.288 e. The smallest absolute Gasteiger partial charge is 0.288 e. The molecular weight excluding hydrogens is 488 g/mol. The molecule has 3 rings (SSSR count). The highest BCUT2D eigenvalue weighted by Crippen LogP contribution is 2.23. The predicted molar refractivity (Wildman–Crippen MR) is 141 cm³/mol. The summed E-state index contributed by atoms with van der Waals surface area (Å²) in [5, 5.41) is 6.51. The lowest BCUT2D eigenvalue weighted by atomic mass is 10.0. The first kappa shape index (κ1) is 28.4. The van der Waals surface area contributed by atoms with Gasteiger partial charge in [-0.25, -0.2) is 5.06 Å². The van der Waals surface area contributed by atoms with Crippen molar-refractivity contribution in [3.63, 3.8) is 0 Å². The fourth-order valence-corrected chi connectivity index (χ4v) is 3.73. The molecule has 2 aromatic heterocycles. The molecule has 38 heavy (non-hydrogen) atoms. The van der Waals surface area contributed by atoms with E-state index in [0.717, 1.165) is 29.9 Å². The number of carbonyl (C=O) groups is 3. The Balaban J connectivity index is 1.52. The van der Waals surface area contributed by atoms with E-state index in [4.69, 9.17) is 14.0 Å². The number of nitrogens with one attached hydrogen (secondary N) is 2. The summed E-state index contributed by atoms with van der Waals surface area (Å²) in [5.41, 5.74) is 1.44. The second kappa shape index (κ2) is 15.2. The van der Waals surface area contributed by atoms with Crippen LogP contribution in [0.2, 0.25) is 0 Å². The topological polar surface area (TPSA) is 123 Å². The Morgan fingerprint density at radius 3 is 2.66 bits per heavy atom. The molecule has 3 aromatic rings. The molecule has 0 radical (unpaired) electrons. The van der Waals surface area contributed by atoms with Crippen molar-refractivity contribution in [1.29, 1.82) is 0 Å². The van der Waals surface area contributed by atoms with E-state index in [1.807, 2.05) is 30.3 Å². The Bertz CT molecular complexity index is 1170. The van der Waals surface area contributed by atoms with E-state index < -0.39 is 11.8 Å². The second-order valence-corrected chi connectivity index (χ2v) is 8.63. The number of methoxy groups -OCH3 is 1. The molecule has 0 spiro atoms. The minimum Gasteiger partial charge on any atom is -0.497 e. The van der Waals surface area contributed by atoms with Gasteiger partial charge in [-0.1, -0.05) is 56.5 Å². The Morgan fingerprint density at radius 2 is 1.92 bits per heavy atom. The fourth-order valence-electron chi connectivity index (χ4n) is 3.73. The summed E-state index contributed by atoms with van der Waals surface area (Å²) in [6, 6.07) is 16.1. The molecule has 0 saturated carbocycles. The lowest BCUT2D eigenvalue weighted by Crippen LogP contribution is -2.43. The van der Waals surface area contributed by atoms with Crippen molar-refractivity contribution in [2.75, 3.05) is 20.3 Å². The van der Waals surface area contributed by atoms with Crippen LogP contribution in [0.25, 0.3) is 11.5 Å². The van der Waals surface area contributed by atoms with Gasteiger partial charge in [0, 0.05) is 12.3 Å². The van der Waals surface area contributed by atoms with Crippen molar-refractivity contribution in [2.45, 2.75) is 39.2 Å². The number of rotatable bonds is 16. The highest BCUT2D eigenvalue weighted by molar-refractivity contribution is 5.92. The van der Waals surface area contributed by atoms with E-state index >= 15 is 0 Å². The van der Waals surface area contributed by atoms with E-state index in [-0.39, 0.29) is 31.5 Å². The van der Waals surface area contributed by atoms with Gasteiger partial charge in [0.2, 0.25) is 12.3 Å². The van der Waals surface area contributed by atoms with Gasteiger partial charge in [-0.2, -0.15) is 0 Å². The molecule has 3 amide bonds. The van der Waals surface area contributed by atoms with Gasteiger partial charge in [-0.3, -0.25) is 24.2 Å². The van der Waals surface area contributed by atoms with Crippen molar-refractivity contribution in [3.8, 4) is 17.2 Å². The number of hydroxylamine groups is 2. The van der Waals surface area contributed by atoms with E-state index in [1.165, 1.54) is 6.07 Å². The third kappa shape index (κ3) is 8.74. The van der Waals surface area contributed by atoms with Crippen molar-refractivity contribution >= 4 is 18.2 Å². The molecule has 0 aliphatic heterocycles. The summed E-state index contributed by atoms with van der Waals surface area (Å²) in [4.78, 5) is 46.9. The van der Waals surface area contributed by atoms with Crippen molar-refractivity contribution < 1.29 is 28.4 Å². The minimum atomic E-state index is -0.492. The zero-order valence-electron chi connectivity index (χ0n) is 21.7. The van der Waals surface area contributed by atoms with E-state index in [0.29, 0.717) is 30.0 Å². The van der Waals surface area contributed by atoms with E-state index in [2.05, 4.69) is 22.5 Å². The standard InChI is InChI=1S/C28H34N4O6/c1-3-4-6-11-22(17-32(20-33)37-18-21-9-7-5-8-10-21)27(34)30-19-31-28(35)26-13-12-25(38-26)24-16-23(36-2)14-15-29-24/h5,7-10,12-16,20,22H,3-4,6,11,17-19H2,1-2H3,(H,30,34)(H,31,35)/t22-/m1/s1. The molecule has 10 heteroatoms. The number of amides is 3. The summed E-state index contributed by atoms with van der Waals surface area (Å²) < 4.78 is 10.8. The van der Waals surface area contributed by atoms with Crippen LogP contribution in [-0.2, 0) is 21.0 Å². The zero-order chi connectivity index (χ0) is 27.2. The Hall–Kier alpha value is -4.18. The second-order valence-electron chi connectivity index (χ2n) is 8.63. The van der Waals surface area contributed by atoms with Gasteiger partial charge in [-0.15, -0.1) is 0 Å². The van der Waals surface area contributed by atoms with E-state index in [9.17, 15) is 14.4 Å². The van der Waals surface area contributed by atoms with Gasteiger partial charge in [0.25, 0.3) is 5.91 Å². The van der Waals surface area contributed by atoms with Crippen LogP contribution in [0.5, 0.6) is 5.75 Å². The van der Waals surface area contributed by atoms with Crippen LogP contribution in [0, 0.1) is 5.92 Å². The molecule has 0 saturated heterocycles. The molecule has 0 unspecified atom stereocenters. The van der Waals surface area contributed by atoms with Crippen LogP contribution in [0.1, 0.15) is 48.7 Å². The lowest BCUT2D eigenvalue weighted by molar-refractivity contribution is -0.182. The first-order valence-corrected chi connectivity index (χ1v) is 12.6. The van der Waals surface area contributed by atoms with Crippen LogP contribution in [0.15, 0.2) is 65.2 Å². The molecule has 10 nitrogen and oxygen atoms in total. The average molecular weight is 523 g/mol. The SMILES string of the molecule is CCCCC[C@H](CN(C=O)OCc1ccccc1)C(=O)NCNC(=O)c1ccc(-c2cc(OC)ccn2)o1. The van der Waals surface area contributed by atoms with Gasteiger partial charge < -0.3 is 19.8 Å². The number of unbranched alkanes of at least 4 members (excludes halogenated alkanes) is 2. The molecule has 0 fully saturated rings. The highest BCUT2D eigenvalue weighted by atomic mass is 16.7. The molecule has 0 aliphatic carbocycles. The number of ether oxygens (including phenoxy) is 1. The van der Waals surface area contributed by atoms with Crippen LogP contribution in [0.4, 0.5) is 0 Å². The molecule has 0 bridgehead atoms. The maximum absolute atomic E-state index is 12.9. The number of nitrogens with zero attached hydrogens (tertiary/aromatic N) is 2. The van der Waals surface area contributed by atoms with Gasteiger partial charge in [0.1, 0.15) is 18.1 Å². The average Bonchev–Trinajstić information content (AvgIpc) is 3.45. The first-order valence-electron chi connectivity index (χ1n) is 12.6. The normalized spacial score (nSPS) is 11.4. The van der Waals surface area contributed by atoms with E-state index in [1.54, 1.807) is 31.5 Å². The quantitative estimate of drug-likeness (QED) is 0.126. The highest BCUT2D eigenvalue weighted by Gasteiger charge is 2.22. The number of carbonyl (C=O) groups excluding carboxylic acids is 3. The number of benzene rings is 1. The number of furan rings is 1. The van der Waals surface area contributed by atoms with Crippen LogP contribution < -0.4 is 15.4 Å². The summed E-state index contributed by atoms with van der Waals surface area (Å²) >= 11 is 0. The van der Waals surface area contributed by atoms with Crippen LogP contribution >= 0.6 is 0 Å². The fraction of sp³-hybridized carbons (Fsp3) is 0.357. The Morgan fingerprint density at radius 1 is 1.11 bits per heavy atom. The number of pyridine rings is 1. The Labute approximate surface area is 222 Å². The van der Waals surface area contributed by atoms with Gasteiger partial charge >= 0.3 is 0 Å². The van der Waals surface area contributed by atoms with Crippen molar-refractivity contribution in [2.24, 2.45) is 5.92 Å². The van der Waals surface area contributed by atoms with Crippen LogP contribution in [-0.4, -0.2) is 48.6 Å². The summed E-state index contributed by atoms with van der Waals surface area (Å²) in [5.74, 6) is -0.140. The summed E-state index contributed by atoms with van der Waals surface area (Å²) in [6.45, 7) is 2.31. The predicted octanol–water partition coefficient (Wildman–Crippen LogP) is 3.94. The van der Waals surface area contributed by atoms with Crippen molar-refractivity contribution in [3.05, 3.63) is 72.1 Å².